The molecule has 198 valence electrons. The smallest absolute Gasteiger partial charge is 0.246 e. The van der Waals surface area contributed by atoms with Gasteiger partial charge in [0.25, 0.3) is 0 Å². The number of ether oxygens (including phenoxy) is 1. The molecule has 1 aliphatic heterocycles. The largest absolute Gasteiger partial charge is 0.496 e. The van der Waals surface area contributed by atoms with Gasteiger partial charge in [-0.15, -0.1) is 0 Å². The van der Waals surface area contributed by atoms with Crippen LogP contribution < -0.4 is 10.1 Å². The molecule has 0 unspecified atom stereocenters. The first kappa shape index (κ1) is 26.8. The third-order valence-electron chi connectivity index (χ3n) is 6.49. The van der Waals surface area contributed by atoms with Gasteiger partial charge < -0.3 is 14.6 Å². The summed E-state index contributed by atoms with van der Waals surface area (Å²) in [6.45, 7) is 7.63. The Bertz CT molecular complexity index is 1340. The quantitative estimate of drug-likeness (QED) is 0.447. The highest BCUT2D eigenvalue weighted by Gasteiger charge is 2.28. The lowest BCUT2D eigenvalue weighted by Gasteiger charge is -2.18. The fourth-order valence-electron chi connectivity index (χ4n) is 4.26. The molecule has 2 heterocycles. The minimum absolute atomic E-state index is 0.0543. The SMILES string of the molecule is COc1ccc(S(=O)(=O)N2CCCC2)cc1CCC(=O)NCc1nc(-c2ccc(C(C)(C)C)cc2)no1. The first-order valence-electron chi connectivity index (χ1n) is 12.5. The van der Waals surface area contributed by atoms with Gasteiger partial charge in [0.15, 0.2) is 0 Å². The molecule has 9 nitrogen and oxygen atoms in total. The van der Waals surface area contributed by atoms with Crippen molar-refractivity contribution in [3.63, 3.8) is 0 Å². The molecule has 0 radical (unpaired) electrons. The first-order valence-corrected chi connectivity index (χ1v) is 13.9. The van der Waals surface area contributed by atoms with E-state index in [1.54, 1.807) is 18.2 Å². The maximum atomic E-state index is 12.9. The van der Waals surface area contributed by atoms with Crippen molar-refractivity contribution in [3.05, 3.63) is 59.5 Å². The maximum Gasteiger partial charge on any atom is 0.246 e. The summed E-state index contributed by atoms with van der Waals surface area (Å²) in [6, 6.07) is 12.8. The van der Waals surface area contributed by atoms with Crippen molar-refractivity contribution in [2.75, 3.05) is 20.2 Å². The van der Waals surface area contributed by atoms with E-state index >= 15 is 0 Å². The standard InChI is InChI=1S/C27H34N4O5S/c1-27(2,3)21-10-7-19(8-11-21)26-29-25(36-30-26)18-28-24(32)14-9-20-17-22(12-13-23(20)35-4)37(33,34)31-15-5-6-16-31/h7-8,10-13,17H,5-6,9,14-16,18H2,1-4H3,(H,28,32). The van der Waals surface area contributed by atoms with Gasteiger partial charge in [0.1, 0.15) is 5.75 Å². The molecule has 10 heteroatoms. The van der Waals surface area contributed by atoms with Crippen LogP contribution in [0.4, 0.5) is 0 Å². The molecule has 37 heavy (non-hydrogen) atoms. The molecular formula is C27H34N4O5S. The molecule has 1 saturated heterocycles. The highest BCUT2D eigenvalue weighted by Crippen LogP contribution is 2.28. The van der Waals surface area contributed by atoms with Gasteiger partial charge in [-0.2, -0.15) is 9.29 Å². The lowest BCUT2D eigenvalue weighted by molar-refractivity contribution is -0.121. The van der Waals surface area contributed by atoms with Crippen molar-refractivity contribution < 1.29 is 22.5 Å². The Morgan fingerprint density at radius 3 is 2.46 bits per heavy atom. The number of aromatic nitrogens is 2. The van der Waals surface area contributed by atoms with Gasteiger partial charge in [0.2, 0.25) is 27.6 Å². The number of benzene rings is 2. The number of rotatable bonds is 9. The number of sulfonamides is 1. The van der Waals surface area contributed by atoms with Crippen molar-refractivity contribution in [3.8, 4) is 17.1 Å². The van der Waals surface area contributed by atoms with Crippen LogP contribution in [-0.2, 0) is 33.2 Å². The zero-order valence-electron chi connectivity index (χ0n) is 21.8. The number of hydrogen-bond acceptors (Lipinski definition) is 7. The van der Waals surface area contributed by atoms with Gasteiger partial charge in [-0.05, 0) is 54.0 Å². The molecule has 0 spiro atoms. The van der Waals surface area contributed by atoms with E-state index in [-0.39, 0.29) is 29.2 Å². The highest BCUT2D eigenvalue weighted by atomic mass is 32.2. The van der Waals surface area contributed by atoms with Gasteiger partial charge in [-0.3, -0.25) is 4.79 Å². The predicted molar refractivity (Wildman–Crippen MR) is 140 cm³/mol. The van der Waals surface area contributed by atoms with E-state index in [4.69, 9.17) is 9.26 Å². The van der Waals surface area contributed by atoms with Gasteiger partial charge in [-0.25, -0.2) is 8.42 Å². The molecule has 0 bridgehead atoms. The number of nitrogens with one attached hydrogen (secondary N) is 1. The van der Waals surface area contributed by atoms with Gasteiger partial charge in [0.05, 0.1) is 18.6 Å². The Hall–Kier alpha value is -3.24. The number of carbonyl (C=O) groups excluding carboxylic acids is 1. The van der Waals surface area contributed by atoms with E-state index in [1.807, 2.05) is 24.3 Å². The zero-order valence-corrected chi connectivity index (χ0v) is 22.6. The van der Waals surface area contributed by atoms with Crippen LogP contribution >= 0.6 is 0 Å². The number of nitrogens with zero attached hydrogens (tertiary/aromatic N) is 3. The van der Waals surface area contributed by atoms with Crippen molar-refractivity contribution in [1.29, 1.82) is 0 Å². The van der Waals surface area contributed by atoms with Crippen LogP contribution in [0, 0.1) is 0 Å². The molecule has 4 rings (SSSR count). The fourth-order valence-corrected chi connectivity index (χ4v) is 5.83. The monoisotopic (exact) mass is 526 g/mol. The summed E-state index contributed by atoms with van der Waals surface area (Å²) in [5.74, 6) is 1.10. The summed E-state index contributed by atoms with van der Waals surface area (Å²) in [5.41, 5.74) is 2.77. The van der Waals surface area contributed by atoms with E-state index in [2.05, 4.69) is 36.2 Å². The molecule has 3 aromatic rings. The van der Waals surface area contributed by atoms with Crippen LogP contribution in [0.3, 0.4) is 0 Å². The van der Waals surface area contributed by atoms with Crippen molar-refractivity contribution in [2.24, 2.45) is 0 Å². The summed E-state index contributed by atoms with van der Waals surface area (Å²) >= 11 is 0. The molecule has 1 aliphatic rings. The van der Waals surface area contributed by atoms with E-state index in [0.717, 1.165) is 18.4 Å². The Morgan fingerprint density at radius 1 is 1.11 bits per heavy atom. The van der Waals surface area contributed by atoms with Crippen LogP contribution in [0.2, 0.25) is 0 Å². The van der Waals surface area contributed by atoms with E-state index < -0.39 is 10.0 Å². The topological polar surface area (TPSA) is 115 Å². The third kappa shape index (κ3) is 6.37. The summed E-state index contributed by atoms with van der Waals surface area (Å²) < 4.78 is 38.1. The fraction of sp³-hybridized carbons (Fsp3) is 0.444. The van der Waals surface area contributed by atoms with Gasteiger partial charge in [-0.1, -0.05) is 50.2 Å². The second-order valence-corrected chi connectivity index (χ2v) is 12.1. The lowest BCUT2D eigenvalue weighted by Crippen LogP contribution is -2.28. The molecule has 0 aliphatic carbocycles. The van der Waals surface area contributed by atoms with E-state index in [0.29, 0.717) is 42.5 Å². The Labute approximate surface area is 218 Å². The van der Waals surface area contributed by atoms with E-state index in [9.17, 15) is 13.2 Å². The number of methoxy groups -OCH3 is 1. The predicted octanol–water partition coefficient (Wildman–Crippen LogP) is 4.08. The molecule has 1 amide bonds. The summed E-state index contributed by atoms with van der Waals surface area (Å²) in [5, 5.41) is 6.81. The van der Waals surface area contributed by atoms with Crippen LogP contribution in [0.25, 0.3) is 11.4 Å². The average molecular weight is 527 g/mol. The zero-order chi connectivity index (χ0) is 26.6. The molecule has 0 atom stereocenters. The summed E-state index contributed by atoms with van der Waals surface area (Å²) in [4.78, 5) is 17.1. The number of amides is 1. The van der Waals surface area contributed by atoms with Gasteiger partial charge >= 0.3 is 0 Å². The number of hydrogen-bond donors (Lipinski definition) is 1. The van der Waals surface area contributed by atoms with Crippen molar-refractivity contribution in [2.45, 2.75) is 63.3 Å². The second kappa shape index (κ2) is 11.0. The molecule has 2 aromatic carbocycles. The Kier molecular flexibility index (Phi) is 7.99. The maximum absolute atomic E-state index is 12.9. The molecule has 1 fully saturated rings. The van der Waals surface area contributed by atoms with Crippen molar-refractivity contribution >= 4 is 15.9 Å². The summed E-state index contributed by atoms with van der Waals surface area (Å²) in [6.07, 6.45) is 2.22. The average Bonchev–Trinajstić information content (AvgIpc) is 3.59. The summed E-state index contributed by atoms with van der Waals surface area (Å²) in [7, 11) is -2.03. The molecule has 1 aromatic heterocycles. The molecule has 0 saturated carbocycles. The number of carbonyl (C=O) groups is 1. The normalized spacial score (nSPS) is 14.6. The minimum Gasteiger partial charge on any atom is -0.496 e. The molecular weight excluding hydrogens is 492 g/mol. The highest BCUT2D eigenvalue weighted by molar-refractivity contribution is 7.89. The third-order valence-corrected chi connectivity index (χ3v) is 8.38. The Morgan fingerprint density at radius 2 is 1.81 bits per heavy atom. The van der Waals surface area contributed by atoms with Gasteiger partial charge in [0, 0.05) is 25.1 Å². The lowest BCUT2D eigenvalue weighted by atomic mass is 9.87. The second-order valence-electron chi connectivity index (χ2n) is 10.2. The van der Waals surface area contributed by atoms with Crippen LogP contribution in [0.15, 0.2) is 51.9 Å². The van der Waals surface area contributed by atoms with E-state index in [1.165, 1.54) is 17.0 Å². The molecule has 1 N–H and O–H groups in total. The Balaban J connectivity index is 1.34. The number of aryl methyl sites for hydroxylation is 1. The first-order chi connectivity index (χ1) is 17.6. The van der Waals surface area contributed by atoms with Crippen LogP contribution in [0.5, 0.6) is 5.75 Å². The van der Waals surface area contributed by atoms with Crippen LogP contribution in [-0.4, -0.2) is 49.0 Å². The minimum atomic E-state index is -3.55. The van der Waals surface area contributed by atoms with Crippen molar-refractivity contribution in [1.82, 2.24) is 19.8 Å². The van der Waals surface area contributed by atoms with Crippen LogP contribution in [0.1, 0.15) is 57.1 Å².